The van der Waals surface area contributed by atoms with Gasteiger partial charge in [-0.05, 0) is 25.0 Å². The average Bonchev–Trinajstić information content (AvgIpc) is 3.32. The number of hydrogen-bond acceptors (Lipinski definition) is 7. The Balaban J connectivity index is 1.82. The number of para-hydroxylation sites is 1. The maximum Gasteiger partial charge on any atom is 0.406 e. The van der Waals surface area contributed by atoms with E-state index in [0.29, 0.717) is 35.3 Å². The minimum atomic E-state index is -4.57. The highest BCUT2D eigenvalue weighted by Crippen LogP contribution is 2.35. The van der Waals surface area contributed by atoms with Gasteiger partial charge < -0.3 is 14.2 Å². The standard InChI is InChI=1S/C18H18F3N5O3/c1-28-9-14-23-17(29-24-14)25-8-4-7-13(25)15-22-12-6-3-2-5-11(12)16(27)26(15)10-18(19,20)21/h2-3,5-6,13H,4,7-10H2,1H3. The molecule has 1 unspecified atom stereocenters. The first kappa shape index (κ1) is 19.4. The smallest absolute Gasteiger partial charge is 0.377 e. The topological polar surface area (TPSA) is 86.3 Å². The Morgan fingerprint density at radius 2 is 2.07 bits per heavy atom. The molecule has 154 valence electrons. The minimum Gasteiger partial charge on any atom is -0.377 e. The van der Waals surface area contributed by atoms with Crippen LogP contribution < -0.4 is 10.5 Å². The van der Waals surface area contributed by atoms with Crippen LogP contribution in [0.5, 0.6) is 0 Å². The van der Waals surface area contributed by atoms with Crippen LogP contribution in [-0.4, -0.2) is 39.5 Å². The molecule has 8 nitrogen and oxygen atoms in total. The Hall–Kier alpha value is -2.95. The Labute approximate surface area is 162 Å². The van der Waals surface area contributed by atoms with Crippen molar-refractivity contribution in [2.24, 2.45) is 0 Å². The summed E-state index contributed by atoms with van der Waals surface area (Å²) in [6.45, 7) is -0.773. The van der Waals surface area contributed by atoms with E-state index in [1.165, 1.54) is 13.2 Å². The molecular weight excluding hydrogens is 391 g/mol. The second-order valence-electron chi connectivity index (χ2n) is 6.77. The zero-order valence-corrected chi connectivity index (χ0v) is 15.5. The molecule has 1 aromatic carbocycles. The van der Waals surface area contributed by atoms with Gasteiger partial charge in [-0.1, -0.05) is 17.3 Å². The Morgan fingerprint density at radius 3 is 2.83 bits per heavy atom. The van der Waals surface area contributed by atoms with Gasteiger partial charge in [-0.3, -0.25) is 9.36 Å². The lowest BCUT2D eigenvalue weighted by atomic mass is 10.1. The third-order valence-electron chi connectivity index (χ3n) is 4.76. The van der Waals surface area contributed by atoms with Crippen molar-refractivity contribution in [3.05, 3.63) is 46.3 Å². The summed E-state index contributed by atoms with van der Waals surface area (Å²) in [5.74, 6) is 0.363. The zero-order valence-electron chi connectivity index (χ0n) is 15.5. The van der Waals surface area contributed by atoms with E-state index in [2.05, 4.69) is 15.1 Å². The molecule has 1 atom stereocenters. The van der Waals surface area contributed by atoms with Crippen LogP contribution in [0, 0.1) is 0 Å². The Bertz CT molecular complexity index is 1080. The first-order valence-corrected chi connectivity index (χ1v) is 9.02. The van der Waals surface area contributed by atoms with Gasteiger partial charge in [-0.15, -0.1) is 0 Å². The molecule has 1 saturated heterocycles. The summed E-state index contributed by atoms with van der Waals surface area (Å²) in [6, 6.07) is 5.95. The van der Waals surface area contributed by atoms with Crippen molar-refractivity contribution in [3.63, 3.8) is 0 Å². The van der Waals surface area contributed by atoms with Crippen LogP contribution in [0.25, 0.3) is 10.9 Å². The van der Waals surface area contributed by atoms with Crippen LogP contribution in [-0.2, 0) is 17.9 Å². The van der Waals surface area contributed by atoms with E-state index >= 15 is 0 Å². The minimum absolute atomic E-state index is 0.0371. The number of aromatic nitrogens is 4. The number of fused-ring (bicyclic) bond motifs is 1. The van der Waals surface area contributed by atoms with Gasteiger partial charge in [0.15, 0.2) is 5.82 Å². The number of rotatable bonds is 5. The highest BCUT2D eigenvalue weighted by atomic mass is 19.4. The monoisotopic (exact) mass is 409 g/mol. The summed E-state index contributed by atoms with van der Waals surface area (Å²) >= 11 is 0. The number of benzene rings is 1. The summed E-state index contributed by atoms with van der Waals surface area (Å²) < 4.78 is 50.7. The maximum absolute atomic E-state index is 13.2. The molecule has 4 rings (SSSR count). The molecular formula is C18H18F3N5O3. The van der Waals surface area contributed by atoms with Crippen molar-refractivity contribution in [1.29, 1.82) is 0 Å². The third kappa shape index (κ3) is 3.82. The second kappa shape index (κ2) is 7.47. The van der Waals surface area contributed by atoms with Crippen LogP contribution in [0.1, 0.15) is 30.5 Å². The van der Waals surface area contributed by atoms with E-state index in [4.69, 9.17) is 9.26 Å². The largest absolute Gasteiger partial charge is 0.406 e. The quantitative estimate of drug-likeness (QED) is 0.640. The average molecular weight is 409 g/mol. The number of hydrogen-bond donors (Lipinski definition) is 0. The summed E-state index contributed by atoms with van der Waals surface area (Å²) in [5.41, 5.74) is -0.372. The van der Waals surface area contributed by atoms with Crippen LogP contribution >= 0.6 is 0 Å². The zero-order chi connectivity index (χ0) is 20.6. The molecule has 3 aromatic rings. The van der Waals surface area contributed by atoms with Crippen molar-refractivity contribution in [2.45, 2.75) is 38.2 Å². The van der Waals surface area contributed by atoms with Gasteiger partial charge in [-0.25, -0.2) is 4.98 Å². The summed E-state index contributed by atoms with van der Waals surface area (Å²) in [4.78, 5) is 23.2. The lowest BCUT2D eigenvalue weighted by Gasteiger charge is -2.25. The Kier molecular flexibility index (Phi) is 4.99. The first-order chi connectivity index (χ1) is 13.9. The molecule has 1 fully saturated rings. The van der Waals surface area contributed by atoms with Crippen LogP contribution in [0.3, 0.4) is 0 Å². The van der Waals surface area contributed by atoms with Gasteiger partial charge in [-0.2, -0.15) is 18.2 Å². The molecule has 1 aliphatic rings. The molecule has 11 heteroatoms. The van der Waals surface area contributed by atoms with Gasteiger partial charge in [0.1, 0.15) is 19.0 Å². The number of ether oxygens (including phenoxy) is 1. The highest BCUT2D eigenvalue weighted by Gasteiger charge is 2.37. The molecule has 0 bridgehead atoms. The van der Waals surface area contributed by atoms with E-state index in [0.717, 1.165) is 0 Å². The van der Waals surface area contributed by atoms with Crippen LogP contribution in [0.2, 0.25) is 0 Å². The summed E-state index contributed by atoms with van der Waals surface area (Å²) in [6.07, 6.45) is -3.38. The number of halogens is 3. The fourth-order valence-corrected chi connectivity index (χ4v) is 3.58. The second-order valence-corrected chi connectivity index (χ2v) is 6.77. The van der Waals surface area contributed by atoms with Crippen LogP contribution in [0.15, 0.2) is 33.6 Å². The van der Waals surface area contributed by atoms with Crippen LogP contribution in [0.4, 0.5) is 19.2 Å². The van der Waals surface area contributed by atoms with Gasteiger partial charge in [0.25, 0.3) is 5.56 Å². The van der Waals surface area contributed by atoms with Gasteiger partial charge in [0.05, 0.1) is 16.9 Å². The lowest BCUT2D eigenvalue weighted by molar-refractivity contribution is -0.141. The first-order valence-electron chi connectivity index (χ1n) is 9.02. The number of anilines is 1. The lowest BCUT2D eigenvalue weighted by Crippen LogP contribution is -2.36. The van der Waals surface area contributed by atoms with E-state index in [9.17, 15) is 18.0 Å². The summed E-state index contributed by atoms with van der Waals surface area (Å²) in [5, 5.41) is 3.95. The van der Waals surface area contributed by atoms with Gasteiger partial charge >= 0.3 is 12.2 Å². The van der Waals surface area contributed by atoms with Crippen molar-refractivity contribution in [1.82, 2.24) is 19.7 Å². The number of alkyl halides is 3. The molecule has 29 heavy (non-hydrogen) atoms. The van der Waals surface area contributed by atoms with Gasteiger partial charge in [0, 0.05) is 13.7 Å². The van der Waals surface area contributed by atoms with E-state index < -0.39 is 24.3 Å². The third-order valence-corrected chi connectivity index (χ3v) is 4.76. The maximum atomic E-state index is 13.2. The molecule has 0 N–H and O–H groups in total. The molecule has 0 aliphatic carbocycles. The van der Waals surface area contributed by atoms with Gasteiger partial charge in [0.2, 0.25) is 0 Å². The fraction of sp³-hybridized carbons (Fsp3) is 0.444. The van der Waals surface area contributed by atoms with Crippen molar-refractivity contribution < 1.29 is 22.4 Å². The predicted octanol–water partition coefficient (Wildman–Crippen LogP) is 2.83. The van der Waals surface area contributed by atoms with E-state index in [1.54, 1.807) is 23.1 Å². The molecule has 0 radical (unpaired) electrons. The SMILES string of the molecule is COCc1noc(N2CCCC2c2nc3ccccc3c(=O)n2CC(F)(F)F)n1. The molecule has 0 saturated carbocycles. The molecule has 2 aromatic heterocycles. The molecule has 1 aliphatic heterocycles. The molecule has 0 amide bonds. The summed E-state index contributed by atoms with van der Waals surface area (Å²) in [7, 11) is 1.49. The molecule has 3 heterocycles. The highest BCUT2D eigenvalue weighted by molar-refractivity contribution is 5.77. The van der Waals surface area contributed by atoms with Crippen molar-refractivity contribution >= 4 is 16.9 Å². The van der Waals surface area contributed by atoms with Crippen molar-refractivity contribution in [3.8, 4) is 0 Å². The fourth-order valence-electron chi connectivity index (χ4n) is 3.58. The van der Waals surface area contributed by atoms with Crippen molar-refractivity contribution in [2.75, 3.05) is 18.6 Å². The Morgan fingerprint density at radius 1 is 1.28 bits per heavy atom. The van der Waals surface area contributed by atoms with E-state index in [1.807, 2.05) is 0 Å². The number of nitrogens with zero attached hydrogens (tertiary/aromatic N) is 5. The normalized spacial score (nSPS) is 17.4. The number of methoxy groups -OCH3 is 1. The molecule has 0 spiro atoms. The predicted molar refractivity (Wildman–Crippen MR) is 96.4 cm³/mol. The van der Waals surface area contributed by atoms with E-state index in [-0.39, 0.29) is 23.8 Å².